The highest BCUT2D eigenvalue weighted by molar-refractivity contribution is 9.10. The second-order valence-electron chi connectivity index (χ2n) is 3.96. The lowest BCUT2D eigenvalue weighted by Crippen LogP contribution is -2.06. The van der Waals surface area contributed by atoms with Crippen molar-refractivity contribution < 1.29 is 9.13 Å². The van der Waals surface area contributed by atoms with E-state index in [0.717, 1.165) is 10.0 Å². The molecular weight excluding hydrogens is 333 g/mol. The molecule has 2 aromatic carbocycles. The summed E-state index contributed by atoms with van der Waals surface area (Å²) >= 11 is 9.43. The summed E-state index contributed by atoms with van der Waals surface area (Å²) in [5.74, 6) is 0.827. The topological polar surface area (TPSA) is 21.3 Å². The van der Waals surface area contributed by atoms with Crippen LogP contribution in [-0.2, 0) is 6.54 Å². The lowest BCUT2D eigenvalue weighted by atomic mass is 10.2. The molecule has 100 valence electrons. The highest BCUT2D eigenvalue weighted by Gasteiger charge is 2.09. The molecule has 2 aromatic rings. The van der Waals surface area contributed by atoms with E-state index in [1.165, 1.54) is 12.1 Å². The Kier molecular flexibility index (Phi) is 4.80. The van der Waals surface area contributed by atoms with Crippen LogP contribution in [0.4, 0.5) is 4.39 Å². The van der Waals surface area contributed by atoms with Gasteiger partial charge >= 0.3 is 0 Å². The summed E-state index contributed by atoms with van der Waals surface area (Å²) in [6.07, 6.45) is 0. The minimum absolute atomic E-state index is 0.292. The molecule has 0 heterocycles. The molecule has 0 spiro atoms. The number of rotatable bonds is 4. The van der Waals surface area contributed by atoms with Crippen LogP contribution < -0.4 is 10.1 Å². The Morgan fingerprint density at radius 1 is 1.21 bits per heavy atom. The zero-order valence-corrected chi connectivity index (χ0v) is 12.6. The maximum Gasteiger partial charge on any atom is 0.146 e. The molecule has 0 saturated heterocycles. The van der Waals surface area contributed by atoms with E-state index in [4.69, 9.17) is 16.3 Å². The van der Waals surface area contributed by atoms with Gasteiger partial charge in [0.1, 0.15) is 17.3 Å². The molecule has 0 aliphatic carbocycles. The molecule has 2 nitrogen and oxygen atoms in total. The molecule has 5 heteroatoms. The summed E-state index contributed by atoms with van der Waals surface area (Å²) < 4.78 is 19.8. The van der Waals surface area contributed by atoms with Gasteiger partial charge in [-0.3, -0.25) is 0 Å². The minimum Gasteiger partial charge on any atom is -0.455 e. The van der Waals surface area contributed by atoms with E-state index in [1.54, 1.807) is 25.2 Å². The number of nitrogens with one attached hydrogen (secondary N) is 1. The van der Waals surface area contributed by atoms with E-state index < -0.39 is 0 Å². The first-order chi connectivity index (χ1) is 9.10. The largest absolute Gasteiger partial charge is 0.455 e. The van der Waals surface area contributed by atoms with E-state index in [9.17, 15) is 4.39 Å². The molecule has 1 N–H and O–H groups in total. The Morgan fingerprint density at radius 2 is 1.95 bits per heavy atom. The predicted molar refractivity (Wildman–Crippen MR) is 78.4 cm³/mol. The maximum absolute atomic E-state index is 13.2. The van der Waals surface area contributed by atoms with Crippen LogP contribution in [0, 0.1) is 5.82 Å². The molecule has 0 aliphatic heterocycles. The summed E-state index contributed by atoms with van der Waals surface area (Å²) in [5, 5.41) is 3.47. The van der Waals surface area contributed by atoms with Gasteiger partial charge in [-0.15, -0.1) is 0 Å². The van der Waals surface area contributed by atoms with Crippen molar-refractivity contribution in [2.45, 2.75) is 6.54 Å². The zero-order valence-electron chi connectivity index (χ0n) is 10.2. The summed E-state index contributed by atoms with van der Waals surface area (Å²) in [4.78, 5) is 0. The maximum atomic E-state index is 13.2. The predicted octanol–water partition coefficient (Wildman–Crippen LogP) is 4.75. The molecule has 2 rings (SSSR count). The Morgan fingerprint density at radius 3 is 2.63 bits per heavy atom. The fourth-order valence-corrected chi connectivity index (χ4v) is 2.36. The number of benzene rings is 2. The monoisotopic (exact) mass is 343 g/mol. The average molecular weight is 345 g/mol. The second kappa shape index (κ2) is 6.37. The van der Waals surface area contributed by atoms with E-state index in [0.29, 0.717) is 23.1 Å². The van der Waals surface area contributed by atoms with Gasteiger partial charge in [0.2, 0.25) is 0 Å². The standard InChI is InChI=1S/C14H12BrClFNO/c1-18-8-9-6-11(17)3-5-13(9)19-14-4-2-10(15)7-12(14)16/h2-7,18H,8H2,1H3. The molecule has 19 heavy (non-hydrogen) atoms. The van der Waals surface area contributed by atoms with Crippen molar-refractivity contribution in [1.82, 2.24) is 5.32 Å². The normalized spacial score (nSPS) is 10.5. The molecule has 0 aromatic heterocycles. The van der Waals surface area contributed by atoms with Crippen LogP contribution in [0.25, 0.3) is 0 Å². The Bertz CT molecular complexity index is 592. The summed E-state index contributed by atoms with van der Waals surface area (Å²) in [5.41, 5.74) is 0.737. The van der Waals surface area contributed by atoms with E-state index >= 15 is 0 Å². The van der Waals surface area contributed by atoms with Crippen LogP contribution in [0.15, 0.2) is 40.9 Å². The first kappa shape index (κ1) is 14.3. The van der Waals surface area contributed by atoms with Crippen LogP contribution in [0.5, 0.6) is 11.5 Å². The Balaban J connectivity index is 2.32. The molecular formula is C14H12BrClFNO. The number of ether oxygens (including phenoxy) is 1. The SMILES string of the molecule is CNCc1cc(F)ccc1Oc1ccc(Br)cc1Cl. The van der Waals surface area contributed by atoms with Gasteiger partial charge in [0.05, 0.1) is 5.02 Å². The molecule has 0 atom stereocenters. The van der Waals surface area contributed by atoms with Gasteiger partial charge in [0, 0.05) is 16.6 Å². The van der Waals surface area contributed by atoms with Gasteiger partial charge in [0.15, 0.2) is 0 Å². The van der Waals surface area contributed by atoms with E-state index in [2.05, 4.69) is 21.2 Å². The van der Waals surface area contributed by atoms with E-state index in [1.807, 2.05) is 6.07 Å². The fraction of sp³-hybridized carbons (Fsp3) is 0.143. The van der Waals surface area contributed by atoms with Crippen LogP contribution in [0.2, 0.25) is 5.02 Å². The van der Waals surface area contributed by atoms with Crippen LogP contribution in [0.3, 0.4) is 0 Å². The van der Waals surface area contributed by atoms with Crippen molar-refractivity contribution in [3.63, 3.8) is 0 Å². The van der Waals surface area contributed by atoms with Crippen molar-refractivity contribution in [3.05, 3.63) is 57.3 Å². The van der Waals surface area contributed by atoms with Crippen molar-refractivity contribution >= 4 is 27.5 Å². The Labute approximate surface area is 124 Å². The third-order valence-corrected chi connectivity index (χ3v) is 3.29. The van der Waals surface area contributed by atoms with Gasteiger partial charge in [-0.1, -0.05) is 27.5 Å². The Hall–Kier alpha value is -1.10. The average Bonchev–Trinajstić information content (AvgIpc) is 2.36. The number of hydrogen-bond acceptors (Lipinski definition) is 2. The van der Waals surface area contributed by atoms with Crippen molar-refractivity contribution in [2.24, 2.45) is 0 Å². The molecule has 0 bridgehead atoms. The van der Waals surface area contributed by atoms with Crippen molar-refractivity contribution in [1.29, 1.82) is 0 Å². The zero-order chi connectivity index (χ0) is 13.8. The molecule has 0 amide bonds. The number of halogens is 3. The minimum atomic E-state index is -0.292. The first-order valence-electron chi connectivity index (χ1n) is 5.66. The third-order valence-electron chi connectivity index (χ3n) is 2.50. The lowest BCUT2D eigenvalue weighted by Gasteiger charge is -2.12. The molecule has 0 aliphatic rings. The second-order valence-corrected chi connectivity index (χ2v) is 5.28. The highest BCUT2D eigenvalue weighted by Crippen LogP contribution is 2.33. The first-order valence-corrected chi connectivity index (χ1v) is 6.83. The van der Waals surface area contributed by atoms with Crippen molar-refractivity contribution in [2.75, 3.05) is 7.05 Å². The van der Waals surface area contributed by atoms with Crippen LogP contribution in [0.1, 0.15) is 5.56 Å². The highest BCUT2D eigenvalue weighted by atomic mass is 79.9. The summed E-state index contributed by atoms with van der Waals surface area (Å²) in [6.45, 7) is 0.515. The van der Waals surface area contributed by atoms with Crippen LogP contribution >= 0.6 is 27.5 Å². The fourth-order valence-electron chi connectivity index (χ4n) is 1.65. The van der Waals surface area contributed by atoms with E-state index in [-0.39, 0.29) is 5.82 Å². The number of hydrogen-bond donors (Lipinski definition) is 1. The molecule has 0 radical (unpaired) electrons. The van der Waals surface area contributed by atoms with Gasteiger partial charge in [0.25, 0.3) is 0 Å². The van der Waals surface area contributed by atoms with Gasteiger partial charge in [-0.05, 0) is 43.4 Å². The molecule has 0 fully saturated rings. The van der Waals surface area contributed by atoms with Gasteiger partial charge < -0.3 is 10.1 Å². The summed E-state index contributed by atoms with van der Waals surface area (Å²) in [6, 6.07) is 9.75. The lowest BCUT2D eigenvalue weighted by molar-refractivity contribution is 0.471. The quantitative estimate of drug-likeness (QED) is 0.864. The van der Waals surface area contributed by atoms with Gasteiger partial charge in [-0.25, -0.2) is 4.39 Å². The third kappa shape index (κ3) is 3.69. The van der Waals surface area contributed by atoms with Gasteiger partial charge in [-0.2, -0.15) is 0 Å². The molecule has 0 saturated carbocycles. The van der Waals surface area contributed by atoms with Crippen LogP contribution in [-0.4, -0.2) is 7.05 Å². The summed E-state index contributed by atoms with van der Waals surface area (Å²) in [7, 11) is 1.79. The van der Waals surface area contributed by atoms with Crippen molar-refractivity contribution in [3.8, 4) is 11.5 Å². The smallest absolute Gasteiger partial charge is 0.146 e. The molecule has 0 unspecified atom stereocenters.